The molecule has 0 atom stereocenters. The Kier molecular flexibility index (Phi) is 8.87. The average molecular weight is 342 g/mol. The Labute approximate surface area is 154 Å². The van der Waals surface area contributed by atoms with Gasteiger partial charge in [-0.05, 0) is 61.6 Å². The number of rotatable bonds is 10. The van der Waals surface area contributed by atoms with Crippen LogP contribution in [0.25, 0.3) is 0 Å². The Morgan fingerprint density at radius 3 is 2.44 bits per heavy atom. The highest BCUT2D eigenvalue weighted by Gasteiger charge is 2.22. The SMILES string of the molecule is CCCCCC[C@H]1CC[C@H](c2ccc(OCCCC)c(C#N)c2)CC1. The molecule has 0 saturated heterocycles. The zero-order valence-electron chi connectivity index (χ0n) is 16.2. The molecule has 0 aliphatic heterocycles. The number of ether oxygens (including phenoxy) is 1. The predicted molar refractivity (Wildman–Crippen MR) is 105 cm³/mol. The zero-order chi connectivity index (χ0) is 17.9. The maximum absolute atomic E-state index is 9.45. The summed E-state index contributed by atoms with van der Waals surface area (Å²) in [5, 5.41) is 9.45. The molecule has 25 heavy (non-hydrogen) atoms. The summed E-state index contributed by atoms with van der Waals surface area (Å²) in [4.78, 5) is 0. The monoisotopic (exact) mass is 341 g/mol. The van der Waals surface area contributed by atoms with Crippen molar-refractivity contribution in [1.82, 2.24) is 0 Å². The Bertz CT molecular complexity index is 538. The summed E-state index contributed by atoms with van der Waals surface area (Å²) in [6, 6.07) is 8.61. The highest BCUT2D eigenvalue weighted by molar-refractivity contribution is 5.46. The van der Waals surface area contributed by atoms with E-state index in [0.717, 1.165) is 24.5 Å². The Morgan fingerprint density at radius 2 is 1.76 bits per heavy atom. The molecule has 138 valence electrons. The minimum atomic E-state index is 0.628. The second-order valence-corrected chi connectivity index (χ2v) is 7.64. The molecule has 2 nitrogen and oxygen atoms in total. The van der Waals surface area contributed by atoms with E-state index in [1.807, 2.05) is 6.07 Å². The van der Waals surface area contributed by atoms with Crippen molar-refractivity contribution in [3.05, 3.63) is 29.3 Å². The van der Waals surface area contributed by atoms with Crippen LogP contribution in [0.1, 0.15) is 102 Å². The summed E-state index contributed by atoms with van der Waals surface area (Å²) >= 11 is 0. The molecule has 1 aromatic carbocycles. The summed E-state index contributed by atoms with van der Waals surface area (Å²) in [5.41, 5.74) is 2.04. The molecule has 0 aromatic heterocycles. The maximum Gasteiger partial charge on any atom is 0.137 e. The quantitative estimate of drug-likeness (QED) is 0.430. The van der Waals surface area contributed by atoms with E-state index in [-0.39, 0.29) is 0 Å². The van der Waals surface area contributed by atoms with E-state index >= 15 is 0 Å². The number of hydrogen-bond acceptors (Lipinski definition) is 2. The topological polar surface area (TPSA) is 33.0 Å². The van der Waals surface area contributed by atoms with E-state index in [4.69, 9.17) is 4.74 Å². The van der Waals surface area contributed by atoms with Crippen LogP contribution in [0, 0.1) is 17.2 Å². The first-order valence-corrected chi connectivity index (χ1v) is 10.4. The molecule has 0 bridgehead atoms. The van der Waals surface area contributed by atoms with Crippen molar-refractivity contribution in [2.24, 2.45) is 5.92 Å². The molecule has 1 fully saturated rings. The van der Waals surface area contributed by atoms with Crippen LogP contribution in [0.15, 0.2) is 18.2 Å². The third-order valence-electron chi connectivity index (χ3n) is 5.66. The molecule has 0 amide bonds. The highest BCUT2D eigenvalue weighted by Crippen LogP contribution is 2.38. The average Bonchev–Trinajstić information content (AvgIpc) is 2.66. The van der Waals surface area contributed by atoms with Crippen molar-refractivity contribution in [3.8, 4) is 11.8 Å². The zero-order valence-corrected chi connectivity index (χ0v) is 16.2. The van der Waals surface area contributed by atoms with Gasteiger partial charge in [0.1, 0.15) is 11.8 Å². The van der Waals surface area contributed by atoms with Crippen LogP contribution in [-0.2, 0) is 0 Å². The van der Waals surface area contributed by atoms with Crippen molar-refractivity contribution in [2.45, 2.75) is 90.4 Å². The standard InChI is InChI=1S/C23H35NO/c1-3-5-7-8-9-19-10-12-20(13-11-19)21-14-15-23(22(17-21)18-24)25-16-6-4-2/h14-15,17,19-20H,3-13,16H2,1-2H3/t19-,20-. The summed E-state index contributed by atoms with van der Waals surface area (Å²) < 4.78 is 5.77. The fourth-order valence-electron chi connectivity index (χ4n) is 3.99. The Balaban J connectivity index is 1.85. The molecule has 1 aliphatic carbocycles. The van der Waals surface area contributed by atoms with E-state index in [2.05, 4.69) is 32.0 Å². The second kappa shape index (κ2) is 11.2. The van der Waals surface area contributed by atoms with Gasteiger partial charge in [0.25, 0.3) is 0 Å². The minimum Gasteiger partial charge on any atom is -0.492 e. The van der Waals surface area contributed by atoms with E-state index in [1.165, 1.54) is 63.4 Å². The van der Waals surface area contributed by atoms with Gasteiger partial charge < -0.3 is 4.74 Å². The van der Waals surface area contributed by atoms with Crippen LogP contribution in [0.4, 0.5) is 0 Å². The van der Waals surface area contributed by atoms with E-state index in [0.29, 0.717) is 18.1 Å². The number of hydrogen-bond donors (Lipinski definition) is 0. The van der Waals surface area contributed by atoms with Gasteiger partial charge in [0.05, 0.1) is 12.2 Å². The van der Waals surface area contributed by atoms with Gasteiger partial charge in [0.2, 0.25) is 0 Å². The Hall–Kier alpha value is -1.49. The van der Waals surface area contributed by atoms with E-state index < -0.39 is 0 Å². The van der Waals surface area contributed by atoms with Crippen LogP contribution in [-0.4, -0.2) is 6.61 Å². The maximum atomic E-state index is 9.45. The molecule has 1 aliphatic rings. The fraction of sp³-hybridized carbons (Fsp3) is 0.696. The number of unbranched alkanes of at least 4 members (excludes halogenated alkanes) is 4. The van der Waals surface area contributed by atoms with Crippen molar-refractivity contribution in [3.63, 3.8) is 0 Å². The van der Waals surface area contributed by atoms with Gasteiger partial charge in [-0.2, -0.15) is 5.26 Å². The lowest BCUT2D eigenvalue weighted by Crippen LogP contribution is -2.13. The van der Waals surface area contributed by atoms with Crippen molar-refractivity contribution >= 4 is 0 Å². The summed E-state index contributed by atoms with van der Waals surface area (Å²) in [7, 11) is 0. The van der Waals surface area contributed by atoms with Crippen LogP contribution in [0.3, 0.4) is 0 Å². The van der Waals surface area contributed by atoms with E-state index in [9.17, 15) is 5.26 Å². The first kappa shape index (κ1) is 19.8. The van der Waals surface area contributed by atoms with Crippen molar-refractivity contribution in [2.75, 3.05) is 6.61 Å². The summed E-state index contributed by atoms with van der Waals surface area (Å²) in [5.74, 6) is 2.31. The van der Waals surface area contributed by atoms with E-state index in [1.54, 1.807) is 0 Å². The number of nitriles is 1. The molecule has 0 unspecified atom stereocenters. The normalized spacial score (nSPS) is 20.2. The third-order valence-corrected chi connectivity index (χ3v) is 5.66. The molecule has 1 saturated carbocycles. The van der Waals surface area contributed by atoms with Crippen LogP contribution < -0.4 is 4.74 Å². The van der Waals surface area contributed by atoms with Crippen molar-refractivity contribution in [1.29, 1.82) is 5.26 Å². The molecule has 0 spiro atoms. The third kappa shape index (κ3) is 6.38. The summed E-state index contributed by atoms with van der Waals surface area (Å²) in [6.45, 7) is 5.13. The minimum absolute atomic E-state index is 0.628. The van der Waals surface area contributed by atoms with Gasteiger partial charge in [0.15, 0.2) is 0 Å². The second-order valence-electron chi connectivity index (χ2n) is 7.64. The highest BCUT2D eigenvalue weighted by atomic mass is 16.5. The molecule has 0 radical (unpaired) electrons. The number of benzene rings is 1. The molecule has 1 aromatic rings. The van der Waals surface area contributed by atoms with Gasteiger partial charge in [-0.3, -0.25) is 0 Å². The first-order valence-electron chi connectivity index (χ1n) is 10.4. The summed E-state index contributed by atoms with van der Waals surface area (Å²) in [6.07, 6.45) is 14.4. The molecular formula is C23H35NO. The van der Waals surface area contributed by atoms with Gasteiger partial charge in [-0.25, -0.2) is 0 Å². The number of nitrogens with zero attached hydrogens (tertiary/aromatic N) is 1. The molecule has 2 rings (SSSR count). The van der Waals surface area contributed by atoms with Gasteiger partial charge in [-0.15, -0.1) is 0 Å². The predicted octanol–water partition coefficient (Wildman–Crippen LogP) is 6.98. The molecule has 0 heterocycles. The van der Waals surface area contributed by atoms with Crippen LogP contribution in [0.2, 0.25) is 0 Å². The lowest BCUT2D eigenvalue weighted by Gasteiger charge is -2.29. The molecule has 2 heteroatoms. The lowest BCUT2D eigenvalue weighted by atomic mass is 9.77. The smallest absolute Gasteiger partial charge is 0.137 e. The lowest BCUT2D eigenvalue weighted by molar-refractivity contribution is 0.300. The fourth-order valence-corrected chi connectivity index (χ4v) is 3.99. The first-order chi connectivity index (χ1) is 12.3. The molecule has 0 N–H and O–H groups in total. The Morgan fingerprint density at radius 1 is 1.00 bits per heavy atom. The van der Waals surface area contributed by atoms with Crippen molar-refractivity contribution < 1.29 is 4.74 Å². The van der Waals surface area contributed by atoms with Crippen LogP contribution >= 0.6 is 0 Å². The van der Waals surface area contributed by atoms with Crippen LogP contribution in [0.5, 0.6) is 5.75 Å². The molecular weight excluding hydrogens is 306 g/mol. The van der Waals surface area contributed by atoms with Gasteiger partial charge in [-0.1, -0.05) is 58.4 Å². The van der Waals surface area contributed by atoms with Gasteiger partial charge >= 0.3 is 0 Å². The van der Waals surface area contributed by atoms with Gasteiger partial charge in [0, 0.05) is 0 Å². The largest absolute Gasteiger partial charge is 0.492 e.